The molecule has 31 heavy (non-hydrogen) atoms. The summed E-state index contributed by atoms with van der Waals surface area (Å²) in [6, 6.07) is 11.6. The van der Waals surface area contributed by atoms with Crippen LogP contribution in [0.4, 0.5) is 0 Å². The van der Waals surface area contributed by atoms with Gasteiger partial charge in [-0.05, 0) is 39.7 Å². The number of benzene rings is 1. The summed E-state index contributed by atoms with van der Waals surface area (Å²) in [6.45, 7) is 5.63. The minimum absolute atomic E-state index is 0.0796. The summed E-state index contributed by atoms with van der Waals surface area (Å²) in [5, 5.41) is 8.02. The third-order valence-electron chi connectivity index (χ3n) is 5.70. The van der Waals surface area contributed by atoms with Crippen LogP contribution in [0.5, 0.6) is 0 Å². The summed E-state index contributed by atoms with van der Waals surface area (Å²) in [5.74, 6) is -0.811. The van der Waals surface area contributed by atoms with Gasteiger partial charge in [-0.15, -0.1) is 0 Å². The van der Waals surface area contributed by atoms with Crippen molar-refractivity contribution < 1.29 is 14.3 Å². The fourth-order valence-corrected chi connectivity index (χ4v) is 3.99. The van der Waals surface area contributed by atoms with Gasteiger partial charge in [0.05, 0.1) is 22.8 Å². The molecular weight excluding hydrogens is 392 g/mol. The highest BCUT2D eigenvalue weighted by molar-refractivity contribution is 6.04. The molecule has 1 saturated carbocycles. The number of rotatable bonds is 6. The number of fused-ring (bicyclic) bond motifs is 1. The van der Waals surface area contributed by atoms with Crippen molar-refractivity contribution in [2.45, 2.75) is 64.6 Å². The van der Waals surface area contributed by atoms with Gasteiger partial charge in [0.25, 0.3) is 5.91 Å². The zero-order valence-electron chi connectivity index (χ0n) is 18.2. The van der Waals surface area contributed by atoms with Crippen LogP contribution >= 0.6 is 0 Å². The number of pyridine rings is 1. The predicted molar refractivity (Wildman–Crippen MR) is 119 cm³/mol. The van der Waals surface area contributed by atoms with Crippen molar-refractivity contribution in [3.63, 3.8) is 0 Å². The second-order valence-corrected chi connectivity index (χ2v) is 8.38. The van der Waals surface area contributed by atoms with E-state index in [1.807, 2.05) is 44.2 Å². The van der Waals surface area contributed by atoms with E-state index in [9.17, 15) is 9.59 Å². The third-order valence-corrected chi connectivity index (χ3v) is 5.70. The quantitative estimate of drug-likeness (QED) is 0.602. The van der Waals surface area contributed by atoms with Crippen molar-refractivity contribution in [1.29, 1.82) is 0 Å². The Labute approximate surface area is 181 Å². The van der Waals surface area contributed by atoms with Gasteiger partial charge in [0.1, 0.15) is 0 Å². The summed E-state index contributed by atoms with van der Waals surface area (Å²) >= 11 is 0. The van der Waals surface area contributed by atoms with Crippen LogP contribution in [0.2, 0.25) is 0 Å². The number of aromatic nitrogens is 3. The molecule has 1 aliphatic rings. The number of hydrogen-bond donors (Lipinski definition) is 1. The van der Waals surface area contributed by atoms with Gasteiger partial charge in [-0.2, -0.15) is 5.10 Å². The Hall–Kier alpha value is -3.22. The van der Waals surface area contributed by atoms with Gasteiger partial charge in [-0.1, -0.05) is 43.2 Å². The Kier molecular flexibility index (Phi) is 6.02. The van der Waals surface area contributed by atoms with E-state index in [2.05, 4.69) is 10.4 Å². The Balaban J connectivity index is 1.65. The Morgan fingerprint density at radius 1 is 1.13 bits per heavy atom. The highest BCUT2D eigenvalue weighted by Crippen LogP contribution is 2.27. The van der Waals surface area contributed by atoms with E-state index in [1.165, 1.54) is 0 Å². The maximum absolute atomic E-state index is 13.1. The molecule has 1 aliphatic carbocycles. The molecule has 1 amide bonds. The zero-order valence-corrected chi connectivity index (χ0v) is 18.2. The lowest BCUT2D eigenvalue weighted by Gasteiger charge is -2.17. The van der Waals surface area contributed by atoms with Crippen LogP contribution in [-0.2, 0) is 9.53 Å². The first-order chi connectivity index (χ1) is 14.9. The van der Waals surface area contributed by atoms with Crippen LogP contribution in [-0.4, -0.2) is 38.8 Å². The number of carbonyl (C=O) groups excluding carboxylic acids is 2. The highest BCUT2D eigenvalue weighted by Gasteiger charge is 2.26. The predicted octanol–water partition coefficient (Wildman–Crippen LogP) is 4.28. The summed E-state index contributed by atoms with van der Waals surface area (Å²) in [4.78, 5) is 30.4. The number of carbonyl (C=O) groups is 2. The van der Waals surface area contributed by atoms with Crippen molar-refractivity contribution >= 4 is 22.9 Å². The molecule has 2 aromatic heterocycles. The average molecular weight is 421 g/mol. The van der Waals surface area contributed by atoms with Crippen LogP contribution < -0.4 is 5.32 Å². The van der Waals surface area contributed by atoms with Gasteiger partial charge in [-0.3, -0.25) is 4.79 Å². The van der Waals surface area contributed by atoms with Gasteiger partial charge < -0.3 is 10.1 Å². The monoisotopic (exact) mass is 420 g/mol. The van der Waals surface area contributed by atoms with Crippen LogP contribution in [0.1, 0.15) is 62.9 Å². The lowest BCUT2D eigenvalue weighted by atomic mass is 10.1. The fourth-order valence-electron chi connectivity index (χ4n) is 3.99. The number of hydrogen-bond acceptors (Lipinski definition) is 5. The normalized spacial score (nSPS) is 15.4. The molecule has 0 saturated heterocycles. The molecule has 0 bridgehead atoms. The number of ether oxygens (including phenoxy) is 1. The topological polar surface area (TPSA) is 86.1 Å². The first-order valence-electron chi connectivity index (χ1n) is 10.9. The maximum atomic E-state index is 13.1. The van der Waals surface area contributed by atoms with Gasteiger partial charge in [-0.25, -0.2) is 14.5 Å². The standard InChI is InChI=1S/C24H28N4O3/c1-15(2)28-22-20(14-25-28)19(13-21(27-22)17-9-5-4-6-10-17)24(30)31-16(3)23(29)26-18-11-7-8-12-18/h4-6,9-10,13-16,18H,7-8,11-12H2,1-3H3,(H,26,29). The minimum Gasteiger partial charge on any atom is -0.449 e. The second-order valence-electron chi connectivity index (χ2n) is 8.38. The molecule has 0 spiro atoms. The molecule has 1 atom stereocenters. The first-order valence-corrected chi connectivity index (χ1v) is 10.9. The second kappa shape index (κ2) is 8.88. The number of esters is 1. The average Bonchev–Trinajstić information content (AvgIpc) is 3.43. The Morgan fingerprint density at radius 3 is 2.52 bits per heavy atom. The molecule has 2 heterocycles. The summed E-state index contributed by atoms with van der Waals surface area (Å²) in [5.41, 5.74) is 2.52. The van der Waals surface area contributed by atoms with Crippen molar-refractivity contribution in [2.24, 2.45) is 0 Å². The van der Waals surface area contributed by atoms with E-state index in [1.54, 1.807) is 23.9 Å². The molecule has 7 nitrogen and oxygen atoms in total. The molecule has 0 aliphatic heterocycles. The van der Waals surface area contributed by atoms with Crippen molar-refractivity contribution in [3.05, 3.63) is 48.2 Å². The van der Waals surface area contributed by atoms with Crippen LogP contribution in [0.3, 0.4) is 0 Å². The number of nitrogens with one attached hydrogen (secondary N) is 1. The Bertz CT molecular complexity index is 1080. The first kappa shape index (κ1) is 21.0. The molecule has 7 heteroatoms. The van der Waals surface area contributed by atoms with E-state index >= 15 is 0 Å². The van der Waals surface area contributed by atoms with E-state index in [-0.39, 0.29) is 18.0 Å². The molecule has 1 fully saturated rings. The van der Waals surface area contributed by atoms with Gasteiger partial charge >= 0.3 is 5.97 Å². The van der Waals surface area contributed by atoms with Crippen molar-refractivity contribution in [2.75, 3.05) is 0 Å². The zero-order chi connectivity index (χ0) is 22.0. The molecule has 4 rings (SSSR count). The summed E-state index contributed by atoms with van der Waals surface area (Å²) in [6.07, 6.45) is 4.96. The molecule has 3 aromatic rings. The lowest BCUT2D eigenvalue weighted by Crippen LogP contribution is -2.40. The van der Waals surface area contributed by atoms with Crippen molar-refractivity contribution in [1.82, 2.24) is 20.1 Å². The molecule has 0 radical (unpaired) electrons. The maximum Gasteiger partial charge on any atom is 0.339 e. The van der Waals surface area contributed by atoms with Crippen LogP contribution in [0.15, 0.2) is 42.6 Å². The molecule has 1 N–H and O–H groups in total. The Morgan fingerprint density at radius 2 is 1.84 bits per heavy atom. The van der Waals surface area contributed by atoms with Crippen LogP contribution in [0, 0.1) is 0 Å². The SMILES string of the molecule is CC(OC(=O)c1cc(-c2ccccc2)nc2c1cnn2C(C)C)C(=O)NC1CCCC1. The minimum atomic E-state index is -0.878. The van der Waals surface area contributed by atoms with Gasteiger partial charge in [0.15, 0.2) is 11.8 Å². The van der Waals surface area contributed by atoms with Gasteiger partial charge in [0.2, 0.25) is 0 Å². The smallest absolute Gasteiger partial charge is 0.339 e. The highest BCUT2D eigenvalue weighted by atomic mass is 16.5. The van der Waals surface area contributed by atoms with Crippen LogP contribution in [0.25, 0.3) is 22.3 Å². The van der Waals surface area contributed by atoms with E-state index in [0.29, 0.717) is 22.3 Å². The van der Waals surface area contributed by atoms with Gasteiger partial charge in [0, 0.05) is 17.6 Å². The summed E-state index contributed by atoms with van der Waals surface area (Å²) < 4.78 is 7.35. The van der Waals surface area contributed by atoms with E-state index in [0.717, 1.165) is 31.2 Å². The van der Waals surface area contributed by atoms with Crippen molar-refractivity contribution in [3.8, 4) is 11.3 Å². The molecule has 162 valence electrons. The largest absolute Gasteiger partial charge is 0.449 e. The van der Waals surface area contributed by atoms with E-state index < -0.39 is 12.1 Å². The molecular formula is C24H28N4O3. The fraction of sp³-hybridized carbons (Fsp3) is 0.417. The summed E-state index contributed by atoms with van der Waals surface area (Å²) in [7, 11) is 0. The third kappa shape index (κ3) is 4.45. The number of amides is 1. The molecule has 1 unspecified atom stereocenters. The lowest BCUT2D eigenvalue weighted by molar-refractivity contribution is -0.129. The molecule has 1 aromatic carbocycles. The number of nitrogens with zero attached hydrogens (tertiary/aromatic N) is 3. The van der Waals surface area contributed by atoms with E-state index in [4.69, 9.17) is 9.72 Å².